The summed E-state index contributed by atoms with van der Waals surface area (Å²) in [6, 6.07) is 2.13. The Morgan fingerprint density at radius 1 is 1.33 bits per heavy atom. The number of rotatable bonds is 6. The molecule has 0 saturated carbocycles. The van der Waals surface area contributed by atoms with Crippen LogP contribution >= 0.6 is 11.3 Å². The first-order chi connectivity index (χ1) is 8.33. The average Bonchev–Trinajstić information content (AvgIpc) is 2.56. The molecule has 1 aromatic heterocycles. The van der Waals surface area contributed by atoms with Crippen molar-refractivity contribution in [1.82, 2.24) is 5.32 Å². The molecule has 5 heteroatoms. The molecule has 0 fully saturated rings. The maximum absolute atomic E-state index is 12.1. The fourth-order valence-corrected chi connectivity index (χ4v) is 3.02. The first-order valence-electron chi connectivity index (χ1n) is 6.20. The van der Waals surface area contributed by atoms with Crippen LogP contribution in [0.4, 0.5) is 13.2 Å². The van der Waals surface area contributed by atoms with Crippen LogP contribution in [-0.2, 0) is 0 Å². The zero-order chi connectivity index (χ0) is 13.8. The third-order valence-electron chi connectivity index (χ3n) is 2.93. The summed E-state index contributed by atoms with van der Waals surface area (Å²) >= 11 is 1.68. The molecule has 1 atom stereocenters. The highest BCUT2D eigenvalue weighted by atomic mass is 32.1. The van der Waals surface area contributed by atoms with E-state index in [1.807, 2.05) is 20.8 Å². The van der Waals surface area contributed by atoms with Crippen LogP contribution in [0, 0.1) is 13.8 Å². The Kier molecular flexibility index (Phi) is 5.66. The monoisotopic (exact) mass is 279 g/mol. The third-order valence-corrected chi connectivity index (χ3v) is 4.20. The highest BCUT2D eigenvalue weighted by Gasteiger charge is 2.27. The van der Waals surface area contributed by atoms with E-state index in [1.54, 1.807) is 11.3 Å². The van der Waals surface area contributed by atoms with Crippen molar-refractivity contribution in [2.45, 2.75) is 52.3 Å². The van der Waals surface area contributed by atoms with Gasteiger partial charge in [-0.05, 0) is 44.9 Å². The molecule has 18 heavy (non-hydrogen) atoms. The van der Waals surface area contributed by atoms with Crippen LogP contribution in [0.15, 0.2) is 6.07 Å². The second-order valence-corrected chi connectivity index (χ2v) is 5.79. The van der Waals surface area contributed by atoms with Crippen molar-refractivity contribution >= 4 is 11.3 Å². The molecule has 104 valence electrons. The highest BCUT2D eigenvalue weighted by Crippen LogP contribution is 2.31. The topological polar surface area (TPSA) is 12.0 Å². The Hall–Kier alpha value is -0.550. The summed E-state index contributed by atoms with van der Waals surface area (Å²) in [6.07, 6.45) is -4.03. The molecule has 0 amide bonds. The van der Waals surface area contributed by atoms with E-state index in [0.717, 1.165) is 11.4 Å². The van der Waals surface area contributed by atoms with Crippen molar-refractivity contribution in [3.63, 3.8) is 0 Å². The molecule has 1 rings (SSSR count). The lowest BCUT2D eigenvalue weighted by atomic mass is 10.1. The van der Waals surface area contributed by atoms with Gasteiger partial charge in [-0.1, -0.05) is 6.92 Å². The predicted octanol–water partition coefficient (Wildman–Crippen LogP) is 4.75. The summed E-state index contributed by atoms with van der Waals surface area (Å²) < 4.78 is 36.4. The predicted molar refractivity (Wildman–Crippen MR) is 70.1 cm³/mol. The summed E-state index contributed by atoms with van der Waals surface area (Å²) in [7, 11) is 0. The molecule has 0 aromatic carbocycles. The molecular formula is C13H20F3NS. The molecule has 0 aliphatic rings. The molecule has 1 nitrogen and oxygen atoms in total. The van der Waals surface area contributed by atoms with E-state index in [0.29, 0.717) is 6.42 Å². The van der Waals surface area contributed by atoms with Gasteiger partial charge in [-0.3, -0.25) is 0 Å². The Morgan fingerprint density at radius 3 is 2.44 bits per heavy atom. The smallest absolute Gasteiger partial charge is 0.310 e. The molecule has 0 bridgehead atoms. The van der Waals surface area contributed by atoms with Crippen LogP contribution in [0.3, 0.4) is 0 Å². The third kappa shape index (κ3) is 4.98. The van der Waals surface area contributed by atoms with Crippen molar-refractivity contribution in [1.29, 1.82) is 0 Å². The molecule has 1 aromatic rings. The first-order valence-corrected chi connectivity index (χ1v) is 7.02. The van der Waals surface area contributed by atoms with Gasteiger partial charge in [0, 0.05) is 22.2 Å². The van der Waals surface area contributed by atoms with Crippen LogP contribution in [0.1, 0.15) is 47.5 Å². The second-order valence-electron chi connectivity index (χ2n) is 4.51. The summed E-state index contributed by atoms with van der Waals surface area (Å²) in [4.78, 5) is 2.39. The van der Waals surface area contributed by atoms with E-state index in [9.17, 15) is 13.2 Å². The van der Waals surface area contributed by atoms with Crippen molar-refractivity contribution < 1.29 is 13.2 Å². The second kappa shape index (κ2) is 6.57. The minimum Gasteiger partial charge on any atom is -0.310 e. The Bertz CT molecular complexity index is 351. The van der Waals surface area contributed by atoms with E-state index < -0.39 is 12.6 Å². The Labute approximate surface area is 110 Å². The molecule has 0 aliphatic heterocycles. The van der Waals surface area contributed by atoms with Gasteiger partial charge in [0.15, 0.2) is 0 Å². The van der Waals surface area contributed by atoms with Gasteiger partial charge in [0.05, 0.1) is 0 Å². The van der Waals surface area contributed by atoms with Crippen LogP contribution in [0.2, 0.25) is 0 Å². The first kappa shape index (κ1) is 15.5. The van der Waals surface area contributed by atoms with E-state index >= 15 is 0 Å². The van der Waals surface area contributed by atoms with Crippen molar-refractivity contribution in [3.8, 4) is 0 Å². The molecule has 1 unspecified atom stereocenters. The summed E-state index contributed by atoms with van der Waals surface area (Å²) in [5.74, 6) is 0. The number of hydrogen-bond acceptors (Lipinski definition) is 2. The van der Waals surface area contributed by atoms with Gasteiger partial charge in [-0.25, -0.2) is 0 Å². The largest absolute Gasteiger partial charge is 0.389 e. The minimum absolute atomic E-state index is 0.0507. The summed E-state index contributed by atoms with van der Waals surface area (Å²) in [5, 5.41) is 3.27. The average molecular weight is 279 g/mol. The van der Waals surface area contributed by atoms with Crippen LogP contribution < -0.4 is 5.32 Å². The van der Waals surface area contributed by atoms with Gasteiger partial charge in [0.2, 0.25) is 0 Å². The fourth-order valence-electron chi connectivity index (χ4n) is 1.87. The quantitative estimate of drug-likeness (QED) is 0.792. The fraction of sp³-hybridized carbons (Fsp3) is 0.692. The number of nitrogens with one attached hydrogen (secondary N) is 1. The van der Waals surface area contributed by atoms with Gasteiger partial charge in [-0.2, -0.15) is 13.2 Å². The Morgan fingerprint density at radius 2 is 2.00 bits per heavy atom. The van der Waals surface area contributed by atoms with Crippen molar-refractivity contribution in [2.24, 2.45) is 0 Å². The molecule has 1 heterocycles. The molecule has 0 saturated heterocycles. The Balaban J connectivity index is 2.60. The van der Waals surface area contributed by atoms with Crippen molar-refractivity contribution in [2.75, 3.05) is 6.54 Å². The molecule has 1 N–H and O–H groups in total. The number of hydrogen-bond donors (Lipinski definition) is 1. The van der Waals surface area contributed by atoms with Crippen LogP contribution in [0.25, 0.3) is 0 Å². The molecule has 0 aliphatic carbocycles. The zero-order valence-electron chi connectivity index (χ0n) is 11.0. The number of halogens is 3. The molecule has 0 spiro atoms. The number of thiophene rings is 1. The molecule has 0 radical (unpaired) electrons. The van der Waals surface area contributed by atoms with Gasteiger partial charge in [0.25, 0.3) is 0 Å². The van der Waals surface area contributed by atoms with E-state index in [2.05, 4.69) is 11.4 Å². The maximum Gasteiger partial charge on any atom is 0.389 e. The summed E-state index contributed by atoms with van der Waals surface area (Å²) in [6.45, 7) is 6.83. The van der Waals surface area contributed by atoms with Gasteiger partial charge in [0.1, 0.15) is 0 Å². The van der Waals surface area contributed by atoms with Crippen LogP contribution in [-0.4, -0.2) is 12.7 Å². The number of alkyl halides is 3. The number of aryl methyl sites for hydroxylation is 2. The zero-order valence-corrected chi connectivity index (χ0v) is 11.8. The van der Waals surface area contributed by atoms with Gasteiger partial charge >= 0.3 is 6.18 Å². The van der Waals surface area contributed by atoms with E-state index in [1.165, 1.54) is 10.4 Å². The van der Waals surface area contributed by atoms with Crippen molar-refractivity contribution in [3.05, 3.63) is 21.4 Å². The van der Waals surface area contributed by atoms with Gasteiger partial charge in [-0.15, -0.1) is 11.3 Å². The SMILES string of the molecule is CCNC(CCCC(F)(F)F)c1cc(C)c(C)s1. The standard InChI is InChI=1S/C13H20F3NS/c1-4-17-11(6-5-7-13(14,15)16)12-8-9(2)10(3)18-12/h8,11,17H,4-7H2,1-3H3. The van der Waals surface area contributed by atoms with E-state index in [4.69, 9.17) is 0 Å². The maximum atomic E-state index is 12.1. The lowest BCUT2D eigenvalue weighted by Crippen LogP contribution is -2.20. The summed E-state index contributed by atoms with van der Waals surface area (Å²) in [5.41, 5.74) is 1.22. The van der Waals surface area contributed by atoms with E-state index in [-0.39, 0.29) is 12.5 Å². The van der Waals surface area contributed by atoms with Crippen LogP contribution in [0.5, 0.6) is 0 Å². The van der Waals surface area contributed by atoms with Gasteiger partial charge < -0.3 is 5.32 Å². The minimum atomic E-state index is -4.04. The normalized spacial score (nSPS) is 13.9. The lowest BCUT2D eigenvalue weighted by Gasteiger charge is -2.16. The highest BCUT2D eigenvalue weighted by molar-refractivity contribution is 7.12. The molecular weight excluding hydrogens is 259 g/mol. The lowest BCUT2D eigenvalue weighted by molar-refractivity contribution is -0.135.